The normalized spacial score (nSPS) is 10.7. The molecule has 0 bridgehead atoms. The number of aliphatic carboxylic acids is 1. The quantitative estimate of drug-likeness (QED) is 0.775. The van der Waals surface area contributed by atoms with Crippen molar-refractivity contribution >= 4 is 29.5 Å². The summed E-state index contributed by atoms with van der Waals surface area (Å²) < 4.78 is 0. The summed E-state index contributed by atoms with van der Waals surface area (Å²) in [6.45, 7) is 0. The second kappa shape index (κ2) is 8.02. The summed E-state index contributed by atoms with van der Waals surface area (Å²) in [5.74, 6) is 0.125. The fraction of sp³-hybridized carbons (Fsp3) is 0.188. The minimum absolute atomic E-state index is 0.342. The number of hydrogen-bond donors (Lipinski definition) is 1. The minimum Gasteiger partial charge on any atom is -0.481 e. The summed E-state index contributed by atoms with van der Waals surface area (Å²) in [5.41, 5.74) is 0. The Kier molecular flexibility index (Phi) is 6.02. The van der Waals surface area contributed by atoms with E-state index in [1.165, 1.54) is 0 Å². The van der Waals surface area contributed by atoms with Crippen molar-refractivity contribution in [3.05, 3.63) is 60.7 Å². The molecule has 4 heteroatoms. The number of carboxylic acids is 1. The van der Waals surface area contributed by atoms with Crippen LogP contribution in [0.15, 0.2) is 70.5 Å². The van der Waals surface area contributed by atoms with Gasteiger partial charge in [-0.05, 0) is 24.3 Å². The monoisotopic (exact) mass is 304 g/mol. The van der Waals surface area contributed by atoms with Gasteiger partial charge in [0.05, 0.1) is 5.92 Å². The zero-order valence-corrected chi connectivity index (χ0v) is 12.6. The van der Waals surface area contributed by atoms with Gasteiger partial charge in [-0.25, -0.2) is 0 Å². The van der Waals surface area contributed by atoms with Crippen LogP contribution in [0.1, 0.15) is 0 Å². The largest absolute Gasteiger partial charge is 0.481 e. The van der Waals surface area contributed by atoms with Crippen LogP contribution in [0, 0.1) is 5.92 Å². The first kappa shape index (κ1) is 15.0. The van der Waals surface area contributed by atoms with Crippen LogP contribution < -0.4 is 0 Å². The third-order valence-electron chi connectivity index (χ3n) is 2.74. The summed E-state index contributed by atoms with van der Waals surface area (Å²) >= 11 is 3.20. The predicted molar refractivity (Wildman–Crippen MR) is 85.5 cm³/mol. The van der Waals surface area contributed by atoms with Crippen molar-refractivity contribution in [2.24, 2.45) is 5.92 Å². The maximum absolute atomic E-state index is 11.3. The Balaban J connectivity index is 1.86. The lowest BCUT2D eigenvalue weighted by atomic mass is 10.2. The molecular weight excluding hydrogens is 288 g/mol. The van der Waals surface area contributed by atoms with Crippen LogP contribution in [-0.2, 0) is 4.79 Å². The van der Waals surface area contributed by atoms with Gasteiger partial charge in [0.15, 0.2) is 0 Å². The van der Waals surface area contributed by atoms with Crippen molar-refractivity contribution in [3.8, 4) is 0 Å². The Morgan fingerprint density at radius 1 is 0.850 bits per heavy atom. The van der Waals surface area contributed by atoms with E-state index in [4.69, 9.17) is 0 Å². The molecule has 2 aromatic carbocycles. The molecule has 0 heterocycles. The zero-order valence-electron chi connectivity index (χ0n) is 10.9. The molecule has 0 saturated heterocycles. The van der Waals surface area contributed by atoms with Gasteiger partial charge in [0.2, 0.25) is 0 Å². The number of rotatable bonds is 7. The average Bonchev–Trinajstić information content (AvgIpc) is 2.49. The van der Waals surface area contributed by atoms with Gasteiger partial charge in [-0.2, -0.15) is 0 Å². The first-order valence-electron chi connectivity index (χ1n) is 6.34. The molecule has 0 fully saturated rings. The highest BCUT2D eigenvalue weighted by atomic mass is 32.2. The van der Waals surface area contributed by atoms with Crippen molar-refractivity contribution in [3.63, 3.8) is 0 Å². The lowest BCUT2D eigenvalue weighted by Gasteiger charge is -2.11. The smallest absolute Gasteiger partial charge is 0.308 e. The van der Waals surface area contributed by atoms with Crippen LogP contribution in [0.5, 0.6) is 0 Å². The predicted octanol–water partition coefficient (Wildman–Crippen LogP) is 4.27. The van der Waals surface area contributed by atoms with E-state index in [1.54, 1.807) is 23.5 Å². The first-order chi connectivity index (χ1) is 9.75. The molecule has 1 N–H and O–H groups in total. The maximum Gasteiger partial charge on any atom is 0.308 e. The molecule has 0 amide bonds. The van der Waals surface area contributed by atoms with Gasteiger partial charge in [-0.15, -0.1) is 23.5 Å². The number of carbonyl (C=O) groups is 1. The summed E-state index contributed by atoms with van der Waals surface area (Å²) in [5, 5.41) is 9.30. The van der Waals surface area contributed by atoms with E-state index in [0.717, 1.165) is 9.79 Å². The second-order valence-electron chi connectivity index (χ2n) is 4.28. The molecular formula is C16H16O2S2. The van der Waals surface area contributed by atoms with Gasteiger partial charge < -0.3 is 5.11 Å². The Hall–Kier alpha value is -1.39. The number of hydrogen-bond acceptors (Lipinski definition) is 3. The molecule has 2 aromatic rings. The Bertz CT molecular complexity index is 485. The molecule has 0 spiro atoms. The molecule has 2 rings (SSSR count). The standard InChI is InChI=1S/C16H16O2S2/c17-16(18)13(11-19-14-7-3-1-4-8-14)12-20-15-9-5-2-6-10-15/h1-10,13H,11-12H2,(H,17,18). The molecule has 0 aliphatic carbocycles. The molecule has 0 aliphatic rings. The summed E-state index contributed by atoms with van der Waals surface area (Å²) in [4.78, 5) is 13.5. The van der Waals surface area contributed by atoms with Crippen LogP contribution in [0.25, 0.3) is 0 Å². The van der Waals surface area contributed by atoms with E-state index in [-0.39, 0.29) is 5.92 Å². The fourth-order valence-electron chi connectivity index (χ4n) is 1.62. The Morgan fingerprint density at radius 3 is 1.60 bits per heavy atom. The molecule has 104 valence electrons. The molecule has 0 unspecified atom stereocenters. The lowest BCUT2D eigenvalue weighted by molar-refractivity contribution is -0.140. The van der Waals surface area contributed by atoms with E-state index in [9.17, 15) is 9.90 Å². The SMILES string of the molecule is O=C(O)C(CSc1ccccc1)CSc1ccccc1. The summed E-state index contributed by atoms with van der Waals surface area (Å²) in [6, 6.07) is 19.8. The molecule has 20 heavy (non-hydrogen) atoms. The van der Waals surface area contributed by atoms with Gasteiger partial charge in [0, 0.05) is 21.3 Å². The number of thioether (sulfide) groups is 2. The highest BCUT2D eigenvalue weighted by Gasteiger charge is 2.18. The second-order valence-corrected chi connectivity index (χ2v) is 6.47. The van der Waals surface area contributed by atoms with Crippen LogP contribution >= 0.6 is 23.5 Å². The molecule has 0 aliphatic heterocycles. The topological polar surface area (TPSA) is 37.3 Å². The van der Waals surface area contributed by atoms with E-state index in [0.29, 0.717) is 11.5 Å². The van der Waals surface area contributed by atoms with Gasteiger partial charge in [0.25, 0.3) is 0 Å². The highest BCUT2D eigenvalue weighted by molar-refractivity contribution is 8.00. The van der Waals surface area contributed by atoms with Gasteiger partial charge in [-0.3, -0.25) is 4.79 Å². The van der Waals surface area contributed by atoms with E-state index >= 15 is 0 Å². The van der Waals surface area contributed by atoms with Crippen LogP contribution in [0.4, 0.5) is 0 Å². The third-order valence-corrected chi connectivity index (χ3v) is 5.09. The third kappa shape index (κ3) is 4.94. The number of carboxylic acid groups (broad SMARTS) is 1. The summed E-state index contributed by atoms with van der Waals surface area (Å²) in [7, 11) is 0. The Morgan fingerprint density at radius 2 is 1.25 bits per heavy atom. The van der Waals surface area contributed by atoms with Crippen molar-refractivity contribution in [1.82, 2.24) is 0 Å². The average molecular weight is 304 g/mol. The lowest BCUT2D eigenvalue weighted by Crippen LogP contribution is -2.18. The van der Waals surface area contributed by atoms with Crippen molar-refractivity contribution in [2.75, 3.05) is 11.5 Å². The van der Waals surface area contributed by atoms with E-state index < -0.39 is 5.97 Å². The summed E-state index contributed by atoms with van der Waals surface area (Å²) in [6.07, 6.45) is 0. The van der Waals surface area contributed by atoms with E-state index in [1.807, 2.05) is 60.7 Å². The van der Waals surface area contributed by atoms with Crippen molar-refractivity contribution in [1.29, 1.82) is 0 Å². The first-order valence-corrected chi connectivity index (χ1v) is 8.31. The van der Waals surface area contributed by atoms with E-state index in [2.05, 4.69) is 0 Å². The zero-order chi connectivity index (χ0) is 14.2. The van der Waals surface area contributed by atoms with Crippen molar-refractivity contribution < 1.29 is 9.90 Å². The highest BCUT2D eigenvalue weighted by Crippen LogP contribution is 2.25. The maximum atomic E-state index is 11.3. The van der Waals surface area contributed by atoms with Crippen LogP contribution in [0.2, 0.25) is 0 Å². The van der Waals surface area contributed by atoms with Gasteiger partial charge in [0.1, 0.15) is 0 Å². The Labute approximate surface area is 127 Å². The molecule has 0 saturated carbocycles. The van der Waals surface area contributed by atoms with Crippen LogP contribution in [0.3, 0.4) is 0 Å². The molecule has 0 aromatic heterocycles. The molecule has 0 atom stereocenters. The van der Waals surface area contributed by atoms with Crippen LogP contribution in [-0.4, -0.2) is 22.6 Å². The fourth-order valence-corrected chi connectivity index (χ4v) is 3.77. The molecule has 0 radical (unpaired) electrons. The van der Waals surface area contributed by atoms with Gasteiger partial charge >= 0.3 is 5.97 Å². The number of benzene rings is 2. The minimum atomic E-state index is -0.725. The van der Waals surface area contributed by atoms with Gasteiger partial charge in [-0.1, -0.05) is 36.4 Å². The molecule has 2 nitrogen and oxygen atoms in total. The van der Waals surface area contributed by atoms with Crippen molar-refractivity contribution in [2.45, 2.75) is 9.79 Å².